The molecule has 8 N–H and O–H groups in total. The third kappa shape index (κ3) is 13.5. The molecule has 4 rings (SSSR count). The van der Waals surface area contributed by atoms with Gasteiger partial charge in [-0.05, 0) is 77.4 Å². The molecule has 0 aliphatic heterocycles. The standard InChI is InChI=1S/C20H25N3O3.C19H23N3O5S/c1-3-14-5-7-15(8-6-14)16-9-11-17(12-10-16)19(24)22-18(13-21)20(25)23-26-4-2;1-3-13-4-6-14(7-5-13)15-8-10-16(11-9-15)18(23)21-17(19(24)22-25)12-20-28(2,26)27/h5-12,18H,3-4,13,21H2,1-2H3,(H,22,24)(H,23,25);4-11,17,20,25H,3,12H2,1-2H3,(H,21,23)(H,22,24). The maximum atomic E-state index is 12.4. The van der Waals surface area contributed by atoms with Crippen LogP contribution in [0.1, 0.15) is 52.6 Å². The molecule has 0 aliphatic rings. The number of carbonyl (C=O) groups excluding carboxylic acids is 4. The van der Waals surface area contributed by atoms with Crippen molar-refractivity contribution in [3.8, 4) is 22.3 Å². The molecule has 4 aromatic rings. The number of nitrogens with one attached hydrogen (secondary N) is 5. The molecule has 0 bridgehead atoms. The maximum absolute atomic E-state index is 12.4. The predicted octanol–water partition coefficient (Wildman–Crippen LogP) is 3.11. The van der Waals surface area contributed by atoms with Crippen LogP contribution >= 0.6 is 0 Å². The molecule has 0 aromatic heterocycles. The van der Waals surface area contributed by atoms with Crippen LogP contribution in [0.4, 0.5) is 0 Å². The van der Waals surface area contributed by atoms with Gasteiger partial charge in [0.05, 0.1) is 12.9 Å². The lowest BCUT2D eigenvalue weighted by Crippen LogP contribution is -2.51. The number of hydrogen-bond donors (Lipinski definition) is 7. The van der Waals surface area contributed by atoms with Gasteiger partial charge in [0.25, 0.3) is 23.6 Å². The minimum absolute atomic E-state index is 0.0213. The van der Waals surface area contributed by atoms with Crippen LogP contribution in [0, 0.1) is 0 Å². The van der Waals surface area contributed by atoms with Gasteiger partial charge >= 0.3 is 0 Å². The maximum Gasteiger partial charge on any atom is 0.267 e. The Kier molecular flexibility index (Phi) is 16.9. The van der Waals surface area contributed by atoms with Crippen LogP contribution in [0.3, 0.4) is 0 Å². The Labute approximate surface area is 315 Å². The van der Waals surface area contributed by atoms with Crippen molar-refractivity contribution in [2.75, 3.05) is 26.0 Å². The fourth-order valence-corrected chi connectivity index (χ4v) is 5.41. The molecule has 0 radical (unpaired) electrons. The third-order valence-corrected chi connectivity index (χ3v) is 8.83. The summed E-state index contributed by atoms with van der Waals surface area (Å²) in [5, 5.41) is 13.8. The van der Waals surface area contributed by atoms with Crippen molar-refractivity contribution < 1.29 is 37.6 Å². The number of amides is 4. The number of aryl methyl sites for hydroxylation is 2. The highest BCUT2D eigenvalue weighted by molar-refractivity contribution is 7.88. The van der Waals surface area contributed by atoms with Crippen molar-refractivity contribution in [1.82, 2.24) is 26.3 Å². The minimum atomic E-state index is -3.57. The molecule has 0 saturated heterocycles. The molecule has 288 valence electrons. The van der Waals surface area contributed by atoms with Crippen LogP contribution < -0.4 is 32.0 Å². The van der Waals surface area contributed by atoms with E-state index in [1.54, 1.807) is 43.3 Å². The number of hydrogen-bond acceptors (Lipinski definition) is 9. The molecule has 14 nitrogen and oxygen atoms in total. The number of benzene rings is 4. The lowest BCUT2D eigenvalue weighted by atomic mass is 10.0. The molecule has 4 aromatic carbocycles. The molecule has 0 heterocycles. The largest absolute Gasteiger partial charge is 0.339 e. The Balaban J connectivity index is 0.000000291. The van der Waals surface area contributed by atoms with E-state index in [-0.39, 0.29) is 12.5 Å². The van der Waals surface area contributed by atoms with Gasteiger partial charge < -0.3 is 16.4 Å². The molecule has 2 unspecified atom stereocenters. The van der Waals surface area contributed by atoms with Crippen molar-refractivity contribution in [3.63, 3.8) is 0 Å². The lowest BCUT2D eigenvalue weighted by Gasteiger charge is -2.17. The van der Waals surface area contributed by atoms with E-state index >= 15 is 0 Å². The van der Waals surface area contributed by atoms with E-state index in [1.165, 1.54) is 16.6 Å². The zero-order chi connectivity index (χ0) is 39.7. The summed E-state index contributed by atoms with van der Waals surface area (Å²) in [6.45, 7) is 5.86. The van der Waals surface area contributed by atoms with Crippen LogP contribution in [0.15, 0.2) is 97.1 Å². The zero-order valence-corrected chi connectivity index (χ0v) is 31.5. The lowest BCUT2D eigenvalue weighted by molar-refractivity contribution is -0.135. The summed E-state index contributed by atoms with van der Waals surface area (Å²) in [4.78, 5) is 53.1. The SMILES string of the molecule is CCONC(=O)C(CN)NC(=O)c1ccc(-c2ccc(CC)cc2)cc1.CCc1ccc(-c2ccc(C(=O)NC(CNS(C)(=O)=O)C(=O)NO)cc2)cc1. The van der Waals surface area contributed by atoms with Crippen molar-refractivity contribution in [3.05, 3.63) is 119 Å². The smallest absolute Gasteiger partial charge is 0.267 e. The van der Waals surface area contributed by atoms with Crippen LogP contribution in [-0.4, -0.2) is 75.3 Å². The van der Waals surface area contributed by atoms with Gasteiger partial charge in [0.2, 0.25) is 10.0 Å². The van der Waals surface area contributed by atoms with Crippen molar-refractivity contribution >= 4 is 33.7 Å². The van der Waals surface area contributed by atoms with Gasteiger partial charge in [0, 0.05) is 24.2 Å². The summed E-state index contributed by atoms with van der Waals surface area (Å²) in [5.41, 5.74) is 16.5. The summed E-state index contributed by atoms with van der Waals surface area (Å²) in [7, 11) is -3.57. The Morgan fingerprint density at radius 1 is 0.648 bits per heavy atom. The number of rotatable bonds is 16. The third-order valence-electron chi connectivity index (χ3n) is 8.14. The fraction of sp³-hybridized carbons (Fsp3) is 0.282. The Morgan fingerprint density at radius 2 is 1.04 bits per heavy atom. The van der Waals surface area contributed by atoms with Gasteiger partial charge in [-0.1, -0.05) is 86.6 Å². The second-order valence-electron chi connectivity index (χ2n) is 12.0. The summed E-state index contributed by atoms with van der Waals surface area (Å²) in [5.74, 6) is -2.34. The second kappa shape index (κ2) is 21.3. The summed E-state index contributed by atoms with van der Waals surface area (Å²) < 4.78 is 24.5. The zero-order valence-electron chi connectivity index (χ0n) is 30.7. The van der Waals surface area contributed by atoms with Crippen LogP contribution in [0.25, 0.3) is 22.3 Å². The van der Waals surface area contributed by atoms with Crippen molar-refractivity contribution in [1.29, 1.82) is 0 Å². The molecular weight excluding hydrogens is 713 g/mol. The monoisotopic (exact) mass is 760 g/mol. The first-order chi connectivity index (χ1) is 25.8. The van der Waals surface area contributed by atoms with E-state index in [9.17, 15) is 27.6 Å². The molecule has 4 amide bonds. The highest BCUT2D eigenvalue weighted by Crippen LogP contribution is 2.22. The molecular formula is C39H48N6O8S. The van der Waals surface area contributed by atoms with Crippen LogP contribution in [-0.2, 0) is 37.3 Å². The first-order valence-electron chi connectivity index (χ1n) is 17.3. The quantitative estimate of drug-likeness (QED) is 0.0659. The number of carbonyl (C=O) groups is 4. The summed E-state index contributed by atoms with van der Waals surface area (Å²) in [6.07, 6.45) is 2.88. The average molecular weight is 761 g/mol. The molecule has 0 fully saturated rings. The Bertz CT molecular complexity index is 1940. The van der Waals surface area contributed by atoms with Crippen molar-refractivity contribution in [2.24, 2.45) is 5.73 Å². The Morgan fingerprint density at radius 3 is 1.37 bits per heavy atom. The number of sulfonamides is 1. The number of nitrogens with two attached hydrogens (primary N) is 1. The second-order valence-corrected chi connectivity index (χ2v) is 13.9. The van der Waals surface area contributed by atoms with Crippen LogP contribution in [0.2, 0.25) is 0 Å². The van der Waals surface area contributed by atoms with E-state index in [1.807, 2.05) is 36.4 Å². The Hall–Kier alpha value is -5.45. The van der Waals surface area contributed by atoms with Crippen molar-refractivity contribution in [2.45, 2.75) is 45.7 Å². The first-order valence-corrected chi connectivity index (χ1v) is 19.2. The van der Waals surface area contributed by atoms with Gasteiger partial charge in [-0.25, -0.2) is 24.1 Å². The molecule has 54 heavy (non-hydrogen) atoms. The summed E-state index contributed by atoms with van der Waals surface area (Å²) >= 11 is 0. The van der Waals surface area contributed by atoms with E-state index in [0.717, 1.165) is 41.4 Å². The van der Waals surface area contributed by atoms with Gasteiger partial charge in [-0.2, -0.15) is 0 Å². The fourth-order valence-electron chi connectivity index (χ4n) is 4.94. The van der Waals surface area contributed by atoms with Gasteiger partial charge in [-0.15, -0.1) is 0 Å². The van der Waals surface area contributed by atoms with Crippen LogP contribution in [0.5, 0.6) is 0 Å². The highest BCUT2D eigenvalue weighted by atomic mass is 32.2. The van der Waals surface area contributed by atoms with E-state index in [2.05, 4.69) is 58.9 Å². The molecule has 0 spiro atoms. The molecule has 2 atom stereocenters. The molecule has 0 aliphatic carbocycles. The topological polar surface area (TPSA) is 218 Å². The van der Waals surface area contributed by atoms with E-state index in [4.69, 9.17) is 15.8 Å². The first kappa shape index (κ1) is 43.0. The normalized spacial score (nSPS) is 12.0. The van der Waals surface area contributed by atoms with Gasteiger partial charge in [0.15, 0.2) is 0 Å². The minimum Gasteiger partial charge on any atom is -0.339 e. The molecule has 15 heteroatoms. The predicted molar refractivity (Wildman–Crippen MR) is 207 cm³/mol. The van der Waals surface area contributed by atoms with E-state index < -0.39 is 46.4 Å². The van der Waals surface area contributed by atoms with E-state index in [0.29, 0.717) is 17.7 Å². The number of hydroxylamine groups is 2. The van der Waals surface area contributed by atoms with Gasteiger partial charge in [-0.3, -0.25) is 29.2 Å². The average Bonchev–Trinajstić information content (AvgIpc) is 3.20. The highest BCUT2D eigenvalue weighted by Gasteiger charge is 2.23. The molecule has 0 saturated carbocycles. The van der Waals surface area contributed by atoms with Gasteiger partial charge in [0.1, 0.15) is 12.1 Å². The summed E-state index contributed by atoms with van der Waals surface area (Å²) in [6, 6.07) is 28.3.